The van der Waals surface area contributed by atoms with Crippen LogP contribution in [-0.2, 0) is 26.6 Å². The maximum Gasteiger partial charge on any atom is 0.237 e. The van der Waals surface area contributed by atoms with Gasteiger partial charge in [0.05, 0.1) is 11.8 Å². The molecule has 0 unspecified atom stereocenters. The number of benzene rings is 1. The SMILES string of the molecule is CCn1nc(OCc2ccccc2)c(Cc2cnn(C)c2)c1Br. The average Bonchev–Trinajstić information content (AvgIpc) is 3.11. The summed E-state index contributed by atoms with van der Waals surface area (Å²) in [7, 11) is 1.92. The molecule has 6 heteroatoms. The molecule has 0 aliphatic carbocycles. The van der Waals surface area contributed by atoms with E-state index in [1.807, 2.05) is 54.5 Å². The van der Waals surface area contributed by atoms with Gasteiger partial charge in [0.15, 0.2) is 0 Å². The lowest BCUT2D eigenvalue weighted by Gasteiger charge is -2.05. The van der Waals surface area contributed by atoms with E-state index in [1.165, 1.54) is 0 Å². The minimum absolute atomic E-state index is 0.508. The Morgan fingerprint density at radius 3 is 2.61 bits per heavy atom. The van der Waals surface area contributed by atoms with Crippen LogP contribution in [0.4, 0.5) is 0 Å². The van der Waals surface area contributed by atoms with E-state index in [-0.39, 0.29) is 0 Å². The summed E-state index contributed by atoms with van der Waals surface area (Å²) < 4.78 is 10.7. The number of aryl methyl sites for hydroxylation is 2. The summed E-state index contributed by atoms with van der Waals surface area (Å²) in [6.45, 7) is 3.36. The first-order chi connectivity index (χ1) is 11.2. The van der Waals surface area contributed by atoms with Crippen LogP contribution in [0.1, 0.15) is 23.6 Å². The monoisotopic (exact) mass is 374 g/mol. The Morgan fingerprint density at radius 1 is 1.17 bits per heavy atom. The van der Waals surface area contributed by atoms with Gasteiger partial charge in [0.2, 0.25) is 5.88 Å². The standard InChI is InChI=1S/C17H19BrN4O/c1-3-22-16(18)15(9-14-10-19-21(2)11-14)17(20-22)23-12-13-7-5-4-6-8-13/h4-8,10-11H,3,9,12H2,1-2H3. The number of hydrogen-bond acceptors (Lipinski definition) is 3. The Balaban J connectivity index is 1.83. The van der Waals surface area contributed by atoms with Gasteiger partial charge in [0.1, 0.15) is 11.2 Å². The second kappa shape index (κ2) is 7.00. The summed E-state index contributed by atoms with van der Waals surface area (Å²) >= 11 is 3.65. The highest BCUT2D eigenvalue weighted by molar-refractivity contribution is 9.10. The molecule has 3 rings (SSSR count). The molecule has 0 spiro atoms. The lowest BCUT2D eigenvalue weighted by atomic mass is 10.1. The highest BCUT2D eigenvalue weighted by atomic mass is 79.9. The number of nitrogens with zero attached hydrogens (tertiary/aromatic N) is 4. The Labute approximate surface area is 144 Å². The summed E-state index contributed by atoms with van der Waals surface area (Å²) in [5.41, 5.74) is 3.31. The molecule has 0 bridgehead atoms. The lowest BCUT2D eigenvalue weighted by molar-refractivity contribution is 0.287. The smallest absolute Gasteiger partial charge is 0.237 e. The maximum atomic E-state index is 5.98. The number of hydrogen-bond donors (Lipinski definition) is 0. The third kappa shape index (κ3) is 3.64. The van der Waals surface area contributed by atoms with E-state index < -0.39 is 0 Å². The van der Waals surface area contributed by atoms with Gasteiger partial charge in [-0.25, -0.2) is 0 Å². The zero-order valence-corrected chi connectivity index (χ0v) is 14.8. The fourth-order valence-electron chi connectivity index (χ4n) is 2.43. The molecule has 5 nitrogen and oxygen atoms in total. The third-order valence-electron chi connectivity index (χ3n) is 3.60. The van der Waals surface area contributed by atoms with Gasteiger partial charge >= 0.3 is 0 Å². The van der Waals surface area contributed by atoms with Gasteiger partial charge in [-0.3, -0.25) is 9.36 Å². The van der Waals surface area contributed by atoms with Crippen LogP contribution < -0.4 is 4.74 Å². The second-order valence-electron chi connectivity index (χ2n) is 5.36. The Bertz CT molecular complexity index is 779. The van der Waals surface area contributed by atoms with E-state index in [1.54, 1.807) is 4.68 Å². The molecule has 0 fully saturated rings. The predicted molar refractivity (Wildman–Crippen MR) is 92.4 cm³/mol. The van der Waals surface area contributed by atoms with Crippen molar-refractivity contribution in [2.45, 2.75) is 26.5 Å². The number of ether oxygens (including phenoxy) is 1. The summed E-state index contributed by atoms with van der Waals surface area (Å²) in [5.74, 6) is 0.673. The van der Waals surface area contributed by atoms with Crippen LogP contribution in [0.15, 0.2) is 47.3 Å². The van der Waals surface area contributed by atoms with Crippen LogP contribution in [0.25, 0.3) is 0 Å². The van der Waals surface area contributed by atoms with Crippen LogP contribution in [0.5, 0.6) is 5.88 Å². The molecule has 0 amide bonds. The minimum Gasteiger partial charge on any atom is -0.472 e. The zero-order valence-electron chi connectivity index (χ0n) is 13.2. The van der Waals surface area contributed by atoms with Gasteiger partial charge in [0, 0.05) is 26.2 Å². The molecule has 0 atom stereocenters. The number of rotatable bonds is 6. The molecule has 3 aromatic rings. The van der Waals surface area contributed by atoms with E-state index >= 15 is 0 Å². The Kier molecular flexibility index (Phi) is 4.81. The first kappa shape index (κ1) is 15.8. The molecule has 0 aliphatic rings. The Hall–Kier alpha value is -2.08. The topological polar surface area (TPSA) is 44.9 Å². The average molecular weight is 375 g/mol. The van der Waals surface area contributed by atoms with Gasteiger partial charge < -0.3 is 4.74 Å². The van der Waals surface area contributed by atoms with Crippen LogP contribution in [0, 0.1) is 0 Å². The molecule has 0 saturated heterocycles. The molecule has 0 aliphatic heterocycles. The van der Waals surface area contributed by atoms with E-state index in [0.29, 0.717) is 12.5 Å². The second-order valence-corrected chi connectivity index (χ2v) is 6.11. The zero-order chi connectivity index (χ0) is 16.2. The van der Waals surface area contributed by atoms with E-state index in [9.17, 15) is 0 Å². The predicted octanol–water partition coefficient (Wildman–Crippen LogP) is 3.57. The first-order valence-electron chi connectivity index (χ1n) is 7.56. The summed E-state index contributed by atoms with van der Waals surface area (Å²) in [5, 5.41) is 8.79. The minimum atomic E-state index is 0.508. The van der Waals surface area contributed by atoms with Crippen molar-refractivity contribution >= 4 is 15.9 Å². The van der Waals surface area contributed by atoms with E-state index in [0.717, 1.165) is 34.3 Å². The fraction of sp³-hybridized carbons (Fsp3) is 0.294. The lowest BCUT2D eigenvalue weighted by Crippen LogP contribution is -1.99. The highest BCUT2D eigenvalue weighted by Crippen LogP contribution is 2.29. The third-order valence-corrected chi connectivity index (χ3v) is 4.49. The highest BCUT2D eigenvalue weighted by Gasteiger charge is 2.18. The van der Waals surface area contributed by atoms with Crippen molar-refractivity contribution < 1.29 is 4.74 Å². The maximum absolute atomic E-state index is 5.98. The Morgan fingerprint density at radius 2 is 1.96 bits per heavy atom. The first-order valence-corrected chi connectivity index (χ1v) is 8.36. The van der Waals surface area contributed by atoms with Crippen LogP contribution in [0.2, 0.25) is 0 Å². The van der Waals surface area contributed by atoms with Gasteiger partial charge in [-0.15, -0.1) is 5.10 Å². The molecular weight excluding hydrogens is 356 g/mol. The molecule has 0 N–H and O–H groups in total. The van der Waals surface area contributed by atoms with E-state index in [2.05, 4.69) is 33.1 Å². The number of aromatic nitrogens is 4. The molecular formula is C17H19BrN4O. The molecule has 2 heterocycles. The summed E-state index contributed by atoms with van der Waals surface area (Å²) in [6.07, 6.45) is 4.62. The largest absolute Gasteiger partial charge is 0.472 e. The van der Waals surface area contributed by atoms with Crippen LogP contribution >= 0.6 is 15.9 Å². The van der Waals surface area contributed by atoms with Gasteiger partial charge in [-0.05, 0) is 34.0 Å². The van der Waals surface area contributed by atoms with Gasteiger partial charge in [-0.1, -0.05) is 30.3 Å². The van der Waals surface area contributed by atoms with Crippen molar-refractivity contribution in [1.82, 2.24) is 19.6 Å². The normalized spacial score (nSPS) is 10.9. The molecule has 0 saturated carbocycles. The quantitative estimate of drug-likeness (QED) is 0.662. The van der Waals surface area contributed by atoms with Crippen molar-refractivity contribution in [2.24, 2.45) is 7.05 Å². The molecule has 0 radical (unpaired) electrons. The summed E-state index contributed by atoms with van der Waals surface area (Å²) in [4.78, 5) is 0. The molecule has 2 aromatic heterocycles. The molecule has 1 aromatic carbocycles. The van der Waals surface area contributed by atoms with E-state index in [4.69, 9.17) is 4.74 Å². The van der Waals surface area contributed by atoms with Crippen molar-refractivity contribution in [3.8, 4) is 5.88 Å². The molecule has 120 valence electrons. The number of halogens is 1. The van der Waals surface area contributed by atoms with Gasteiger partial charge in [-0.2, -0.15) is 5.10 Å². The molecule has 23 heavy (non-hydrogen) atoms. The van der Waals surface area contributed by atoms with Gasteiger partial charge in [0.25, 0.3) is 0 Å². The van der Waals surface area contributed by atoms with Crippen molar-refractivity contribution in [3.63, 3.8) is 0 Å². The van der Waals surface area contributed by atoms with Crippen molar-refractivity contribution in [2.75, 3.05) is 0 Å². The summed E-state index contributed by atoms with van der Waals surface area (Å²) in [6, 6.07) is 10.1. The van der Waals surface area contributed by atoms with Crippen molar-refractivity contribution in [1.29, 1.82) is 0 Å². The van der Waals surface area contributed by atoms with Crippen molar-refractivity contribution in [3.05, 3.63) is 64.0 Å². The van der Waals surface area contributed by atoms with Crippen LogP contribution in [0.3, 0.4) is 0 Å². The fourth-order valence-corrected chi connectivity index (χ4v) is 3.07. The van der Waals surface area contributed by atoms with Crippen LogP contribution in [-0.4, -0.2) is 19.6 Å².